The van der Waals surface area contributed by atoms with Gasteiger partial charge in [0.05, 0.1) is 12.5 Å². The summed E-state index contributed by atoms with van der Waals surface area (Å²) in [5.74, 6) is -1.66. The van der Waals surface area contributed by atoms with Crippen molar-refractivity contribution in [2.24, 2.45) is 7.05 Å². The molecule has 3 rings (SSSR count). The number of rotatable bonds is 5. The fourth-order valence-corrected chi connectivity index (χ4v) is 3.54. The van der Waals surface area contributed by atoms with Crippen LogP contribution in [0, 0.1) is 11.6 Å². The van der Waals surface area contributed by atoms with Gasteiger partial charge in [-0.15, -0.1) is 12.4 Å². The van der Waals surface area contributed by atoms with Crippen molar-refractivity contribution in [2.45, 2.75) is 25.4 Å². The zero-order valence-corrected chi connectivity index (χ0v) is 17.0. The van der Waals surface area contributed by atoms with Crippen LogP contribution in [0.5, 0.6) is 0 Å². The van der Waals surface area contributed by atoms with E-state index in [1.165, 1.54) is 13.0 Å². The SMILES string of the molecule is CC(=O)NC(CC(=O)N1CCNCC1c1nccn1C)c1c(F)cccc1F.Cl. The van der Waals surface area contributed by atoms with Gasteiger partial charge in [0.15, 0.2) is 0 Å². The molecular formula is C19H24ClF2N5O2. The number of piperazine rings is 1. The molecule has 2 aromatic rings. The number of aryl methyl sites for hydroxylation is 1. The van der Waals surface area contributed by atoms with Gasteiger partial charge in [0, 0.05) is 51.6 Å². The van der Waals surface area contributed by atoms with Gasteiger partial charge < -0.3 is 20.1 Å². The number of halogens is 3. The molecule has 1 fully saturated rings. The van der Waals surface area contributed by atoms with Crippen LogP contribution in [-0.2, 0) is 16.6 Å². The number of imidazole rings is 1. The van der Waals surface area contributed by atoms with Crippen molar-refractivity contribution >= 4 is 24.2 Å². The smallest absolute Gasteiger partial charge is 0.225 e. The van der Waals surface area contributed by atoms with Crippen LogP contribution in [-0.4, -0.2) is 45.9 Å². The largest absolute Gasteiger partial charge is 0.349 e. The third-order valence-electron chi connectivity index (χ3n) is 4.82. The molecule has 1 aliphatic heterocycles. The molecule has 2 atom stereocenters. The molecule has 0 spiro atoms. The fraction of sp³-hybridized carbons (Fsp3) is 0.421. The number of benzene rings is 1. The van der Waals surface area contributed by atoms with Crippen LogP contribution in [0.25, 0.3) is 0 Å². The number of carbonyl (C=O) groups is 2. The lowest BCUT2D eigenvalue weighted by atomic mass is 10.0. The highest BCUT2D eigenvalue weighted by atomic mass is 35.5. The molecule has 7 nitrogen and oxygen atoms in total. The van der Waals surface area contributed by atoms with Crippen LogP contribution >= 0.6 is 12.4 Å². The summed E-state index contributed by atoms with van der Waals surface area (Å²) < 4.78 is 30.3. The van der Waals surface area contributed by atoms with Gasteiger partial charge in [-0.05, 0) is 12.1 Å². The molecule has 2 amide bonds. The minimum absolute atomic E-state index is 0. The lowest BCUT2D eigenvalue weighted by Gasteiger charge is -2.36. The minimum atomic E-state index is -1.09. The van der Waals surface area contributed by atoms with Crippen molar-refractivity contribution in [3.8, 4) is 0 Å². The Morgan fingerprint density at radius 2 is 2.03 bits per heavy atom. The van der Waals surface area contributed by atoms with Crippen LogP contribution in [0.1, 0.15) is 36.8 Å². The Bertz CT molecular complexity index is 856. The monoisotopic (exact) mass is 427 g/mol. The summed E-state index contributed by atoms with van der Waals surface area (Å²) in [6, 6.07) is 2.07. The van der Waals surface area contributed by atoms with E-state index in [0.29, 0.717) is 25.5 Å². The molecule has 2 N–H and O–H groups in total. The van der Waals surface area contributed by atoms with Crippen molar-refractivity contribution < 1.29 is 18.4 Å². The first-order chi connectivity index (χ1) is 13.4. The summed E-state index contributed by atoms with van der Waals surface area (Å²) in [4.78, 5) is 30.6. The van der Waals surface area contributed by atoms with E-state index in [-0.39, 0.29) is 36.3 Å². The molecule has 1 aromatic heterocycles. The van der Waals surface area contributed by atoms with Crippen molar-refractivity contribution in [1.29, 1.82) is 0 Å². The Kier molecular flexibility index (Phi) is 7.69. The van der Waals surface area contributed by atoms with Gasteiger partial charge in [0.25, 0.3) is 0 Å². The van der Waals surface area contributed by atoms with Gasteiger partial charge in [-0.25, -0.2) is 13.8 Å². The summed E-state index contributed by atoms with van der Waals surface area (Å²) in [6.45, 7) is 2.81. The Hall–Kier alpha value is -2.52. The highest BCUT2D eigenvalue weighted by molar-refractivity contribution is 5.85. The Morgan fingerprint density at radius 1 is 1.34 bits per heavy atom. The Balaban J connectivity index is 0.00000300. The average molecular weight is 428 g/mol. The van der Waals surface area contributed by atoms with Crippen LogP contribution < -0.4 is 10.6 Å². The van der Waals surface area contributed by atoms with Gasteiger partial charge in [-0.2, -0.15) is 0 Å². The molecule has 0 aliphatic carbocycles. The number of hydrogen-bond acceptors (Lipinski definition) is 4. The quantitative estimate of drug-likeness (QED) is 0.763. The van der Waals surface area contributed by atoms with Crippen LogP contribution in [0.3, 0.4) is 0 Å². The normalized spacial score (nSPS) is 17.4. The number of aromatic nitrogens is 2. The van der Waals surface area contributed by atoms with Crippen molar-refractivity contribution in [1.82, 2.24) is 25.1 Å². The number of amides is 2. The van der Waals surface area contributed by atoms with E-state index >= 15 is 0 Å². The van der Waals surface area contributed by atoms with Crippen molar-refractivity contribution in [3.63, 3.8) is 0 Å². The van der Waals surface area contributed by atoms with Gasteiger partial charge in [0.2, 0.25) is 11.8 Å². The zero-order chi connectivity index (χ0) is 20.3. The molecule has 1 aromatic carbocycles. The highest BCUT2D eigenvalue weighted by Gasteiger charge is 2.33. The van der Waals surface area contributed by atoms with E-state index in [0.717, 1.165) is 12.1 Å². The molecule has 1 saturated heterocycles. The molecule has 1 aliphatic rings. The lowest BCUT2D eigenvalue weighted by Crippen LogP contribution is -2.50. The van der Waals surface area contributed by atoms with E-state index in [1.54, 1.807) is 17.3 Å². The molecule has 2 heterocycles. The Labute approximate surface area is 173 Å². The zero-order valence-electron chi connectivity index (χ0n) is 16.2. The molecule has 0 radical (unpaired) electrons. The minimum Gasteiger partial charge on any atom is -0.349 e. The molecule has 10 heteroatoms. The summed E-state index contributed by atoms with van der Waals surface area (Å²) in [5, 5.41) is 5.74. The number of nitrogens with zero attached hydrogens (tertiary/aromatic N) is 3. The first kappa shape index (κ1) is 22.8. The van der Waals surface area contributed by atoms with Crippen molar-refractivity contribution in [2.75, 3.05) is 19.6 Å². The van der Waals surface area contributed by atoms with Crippen LogP contribution in [0.2, 0.25) is 0 Å². The molecular weight excluding hydrogens is 404 g/mol. The van der Waals surface area contributed by atoms with Gasteiger partial charge >= 0.3 is 0 Å². The van der Waals surface area contributed by atoms with E-state index in [4.69, 9.17) is 0 Å². The van der Waals surface area contributed by atoms with Gasteiger partial charge in [0.1, 0.15) is 23.5 Å². The highest BCUT2D eigenvalue weighted by Crippen LogP contribution is 2.27. The maximum atomic E-state index is 14.3. The topological polar surface area (TPSA) is 79.3 Å². The fourth-order valence-electron chi connectivity index (χ4n) is 3.54. The van der Waals surface area contributed by atoms with E-state index in [9.17, 15) is 18.4 Å². The van der Waals surface area contributed by atoms with Gasteiger partial charge in [-0.1, -0.05) is 6.07 Å². The van der Waals surface area contributed by atoms with E-state index in [1.807, 2.05) is 11.6 Å². The molecule has 0 bridgehead atoms. The Morgan fingerprint density at radius 3 is 2.62 bits per heavy atom. The van der Waals surface area contributed by atoms with Gasteiger partial charge in [-0.3, -0.25) is 9.59 Å². The lowest BCUT2D eigenvalue weighted by molar-refractivity contribution is -0.135. The number of hydrogen-bond donors (Lipinski definition) is 2. The first-order valence-corrected chi connectivity index (χ1v) is 9.07. The summed E-state index contributed by atoms with van der Waals surface area (Å²) in [5.41, 5.74) is -0.310. The summed E-state index contributed by atoms with van der Waals surface area (Å²) in [6.07, 6.45) is 3.20. The van der Waals surface area contributed by atoms with E-state index < -0.39 is 23.6 Å². The summed E-state index contributed by atoms with van der Waals surface area (Å²) in [7, 11) is 1.84. The molecule has 158 valence electrons. The van der Waals surface area contributed by atoms with E-state index in [2.05, 4.69) is 15.6 Å². The summed E-state index contributed by atoms with van der Waals surface area (Å²) >= 11 is 0. The second-order valence-corrected chi connectivity index (χ2v) is 6.80. The second kappa shape index (κ2) is 9.80. The third-order valence-corrected chi connectivity index (χ3v) is 4.82. The first-order valence-electron chi connectivity index (χ1n) is 9.07. The van der Waals surface area contributed by atoms with Crippen molar-refractivity contribution in [3.05, 3.63) is 53.6 Å². The second-order valence-electron chi connectivity index (χ2n) is 6.80. The van der Waals surface area contributed by atoms with Crippen LogP contribution in [0.4, 0.5) is 8.78 Å². The maximum absolute atomic E-state index is 14.3. The molecule has 0 saturated carbocycles. The average Bonchev–Trinajstić information content (AvgIpc) is 3.06. The molecule has 2 unspecified atom stereocenters. The van der Waals surface area contributed by atoms with Crippen LogP contribution in [0.15, 0.2) is 30.6 Å². The predicted molar refractivity (Wildman–Crippen MR) is 105 cm³/mol. The predicted octanol–water partition coefficient (Wildman–Crippen LogP) is 1.86. The number of nitrogens with one attached hydrogen (secondary N) is 2. The third kappa shape index (κ3) is 5.10. The maximum Gasteiger partial charge on any atom is 0.225 e. The number of carbonyl (C=O) groups excluding carboxylic acids is 2. The standard InChI is InChI=1S/C19H23F2N5O2.ClH/c1-12(27)24-15(18-13(20)4-3-5-14(18)21)10-17(28)26-9-6-22-11-16(26)19-23-7-8-25(19)2;/h3-5,7-8,15-16,22H,6,9-11H2,1-2H3,(H,24,27);1H. The molecule has 29 heavy (non-hydrogen) atoms.